The van der Waals surface area contributed by atoms with E-state index < -0.39 is 15.5 Å². The van der Waals surface area contributed by atoms with Crippen molar-refractivity contribution in [3.63, 3.8) is 0 Å². The second kappa shape index (κ2) is 13.1. The van der Waals surface area contributed by atoms with Gasteiger partial charge < -0.3 is 16.6 Å². The number of hydrogen-bond donors (Lipinski definition) is 5. The first-order chi connectivity index (χ1) is 5.15. The smallest absolute Gasteiger partial charge is 0.379 e. The molecule has 0 aliphatic carbocycles. The molecule has 0 amide bonds. The first-order valence-corrected chi connectivity index (χ1v) is 3.04. The van der Waals surface area contributed by atoms with Crippen LogP contribution in [0.5, 0.6) is 0 Å². The van der Waals surface area contributed by atoms with Crippen molar-refractivity contribution in [3.05, 3.63) is 15.0 Å². The Hall–Kier alpha value is -1.57. The minimum atomic E-state index is -4.67. The zero-order chi connectivity index (χ0) is 10.8. The van der Waals surface area contributed by atoms with Gasteiger partial charge in [-0.1, -0.05) is 0 Å². The van der Waals surface area contributed by atoms with Gasteiger partial charge in [0.15, 0.2) is 5.34 Å². The largest absolute Gasteiger partial charge is 0.394 e. The lowest BCUT2D eigenvalue weighted by Crippen LogP contribution is -1.89. The molecule has 0 aromatic heterocycles. The van der Waals surface area contributed by atoms with Gasteiger partial charge in [-0.3, -0.25) is 9.11 Å². The van der Waals surface area contributed by atoms with E-state index in [0.717, 1.165) is 0 Å². The molecule has 0 aromatic carbocycles. The van der Waals surface area contributed by atoms with Gasteiger partial charge >= 0.3 is 10.4 Å². The van der Waals surface area contributed by atoms with Gasteiger partial charge in [0.2, 0.25) is 0 Å². The fourth-order valence-corrected chi connectivity index (χ4v) is 0. The molecule has 0 aliphatic heterocycles. The van der Waals surface area contributed by atoms with Crippen molar-refractivity contribution in [3.8, 4) is 0 Å². The minimum absolute atomic E-state index is 0. The van der Waals surface area contributed by atoms with Gasteiger partial charge in [-0.05, 0) is 0 Å². The van der Waals surface area contributed by atoms with Gasteiger partial charge in [-0.2, -0.15) is 8.42 Å². The molecule has 13 heteroatoms. The normalized spacial score (nSPS) is 7.23. The summed E-state index contributed by atoms with van der Waals surface area (Å²) in [6.45, 7) is 0. The monoisotopic (exact) mass is 225 g/mol. The summed E-state index contributed by atoms with van der Waals surface area (Å²) in [4.78, 5) is 16.5. The highest BCUT2D eigenvalue weighted by Gasteiger charge is 1.84. The summed E-state index contributed by atoms with van der Waals surface area (Å²) in [7, 11) is -4.67. The first-order valence-electron chi connectivity index (χ1n) is 1.65. The van der Waals surface area contributed by atoms with Crippen LogP contribution in [-0.4, -0.2) is 33.0 Å². The second-order valence-electron chi connectivity index (χ2n) is 0.767. The van der Waals surface area contributed by atoms with Crippen LogP contribution in [0.4, 0.5) is 0 Å². The fourth-order valence-electron chi connectivity index (χ4n) is 0. The van der Waals surface area contributed by atoms with Gasteiger partial charge in [0.25, 0.3) is 5.09 Å². The number of rotatable bonds is 0. The van der Waals surface area contributed by atoms with Gasteiger partial charge in [0, 0.05) is 0 Å². The van der Waals surface area contributed by atoms with Gasteiger partial charge in [-0.25, -0.2) is 0 Å². The summed E-state index contributed by atoms with van der Waals surface area (Å²) in [6.07, 6.45) is 0. The summed E-state index contributed by atoms with van der Waals surface area (Å²) in [6, 6.07) is 0. The molecule has 0 aliphatic rings. The molecule has 0 unspecified atom stereocenters. The van der Waals surface area contributed by atoms with Crippen LogP contribution in [0.25, 0.3) is 0 Å². The summed E-state index contributed by atoms with van der Waals surface area (Å²) >= 11 is 0. The average molecular weight is 225 g/mol. The first kappa shape index (κ1) is 22.5. The van der Waals surface area contributed by atoms with E-state index in [0.29, 0.717) is 0 Å². The van der Waals surface area contributed by atoms with E-state index in [2.05, 4.69) is 0 Å². The third-order valence-electron chi connectivity index (χ3n) is 0. The van der Waals surface area contributed by atoms with Crippen LogP contribution in [0.1, 0.15) is 0 Å². The molecular weight excluding hydrogens is 218 g/mol. The van der Waals surface area contributed by atoms with Crippen LogP contribution in [0, 0.1) is 15.0 Å². The molecule has 0 saturated carbocycles. The zero-order valence-electron chi connectivity index (χ0n) is 5.84. The van der Waals surface area contributed by atoms with E-state index in [1.54, 1.807) is 0 Å². The predicted molar refractivity (Wildman–Crippen MR) is 35.6 cm³/mol. The van der Waals surface area contributed by atoms with Gasteiger partial charge in [0.1, 0.15) is 0 Å². The SMILES string of the molecule is N.O=NO.O=S(=O)(O)O.O=[N+]([O-])O. The van der Waals surface area contributed by atoms with Crippen LogP contribution < -0.4 is 6.15 Å². The third-order valence-corrected chi connectivity index (χ3v) is 0. The van der Waals surface area contributed by atoms with Crippen molar-refractivity contribution in [1.29, 1.82) is 0 Å². The molecule has 0 bridgehead atoms. The van der Waals surface area contributed by atoms with Crippen molar-refractivity contribution in [2.45, 2.75) is 0 Å². The van der Waals surface area contributed by atoms with Crippen molar-refractivity contribution in [2.24, 2.45) is 5.34 Å². The highest BCUT2D eigenvalue weighted by molar-refractivity contribution is 7.79. The molecule has 0 saturated heterocycles. The van der Waals surface area contributed by atoms with Crippen LogP contribution >= 0.6 is 0 Å². The molecule has 0 fully saturated rings. The molecule has 0 aromatic rings. The highest BCUT2D eigenvalue weighted by Crippen LogP contribution is 1.59. The minimum Gasteiger partial charge on any atom is -0.379 e. The maximum Gasteiger partial charge on any atom is 0.394 e. The molecule has 0 radical (unpaired) electrons. The van der Waals surface area contributed by atoms with Crippen LogP contribution in [0.3, 0.4) is 0 Å². The molecule has 7 N–H and O–H groups in total. The molecule has 0 heterocycles. The standard InChI is InChI=1S/HNO3.HNO2.H3N.H2O4S/c2-1(3)4;2-1-3;;1-5(2,3)4/h(H,2,3,4);(H,2,3);1H3;(H2,1,2,3,4). The molecule has 0 rings (SSSR count). The zero-order valence-corrected chi connectivity index (χ0v) is 6.66. The van der Waals surface area contributed by atoms with Crippen molar-refractivity contribution >= 4 is 10.4 Å². The van der Waals surface area contributed by atoms with Crippen molar-refractivity contribution in [2.75, 3.05) is 0 Å². The Labute approximate surface area is 71.0 Å². The average Bonchev–Trinajstić information content (AvgIpc) is 1.56. The van der Waals surface area contributed by atoms with Crippen LogP contribution in [-0.2, 0) is 10.4 Å². The maximum atomic E-state index is 8.74. The van der Waals surface area contributed by atoms with E-state index in [1.807, 2.05) is 0 Å². The Morgan fingerprint density at radius 2 is 1.31 bits per heavy atom. The lowest BCUT2D eigenvalue weighted by atomic mass is 13.1. The molecule has 82 valence electrons. The van der Waals surface area contributed by atoms with E-state index in [1.165, 1.54) is 5.34 Å². The molecule has 12 nitrogen and oxygen atoms in total. The van der Waals surface area contributed by atoms with E-state index in [-0.39, 0.29) is 6.15 Å². The lowest BCUT2D eigenvalue weighted by molar-refractivity contribution is -0.742. The Morgan fingerprint density at radius 1 is 1.31 bits per heavy atom. The molecule has 0 spiro atoms. The number of nitrogens with zero attached hydrogens (tertiary/aromatic N) is 2. The van der Waals surface area contributed by atoms with Gasteiger partial charge in [-0.15, -0.1) is 15.0 Å². The van der Waals surface area contributed by atoms with E-state index in [9.17, 15) is 0 Å². The molecular formula is H7N3O9S. The fraction of sp³-hybridized carbons (Fsp3) is 0. The van der Waals surface area contributed by atoms with E-state index in [4.69, 9.17) is 43.0 Å². The molecule has 0 atom stereocenters. The Bertz CT molecular complexity index is 191. The van der Waals surface area contributed by atoms with Gasteiger partial charge in [0.05, 0.1) is 0 Å². The topological polar surface area (TPSA) is 223 Å². The summed E-state index contributed by atoms with van der Waals surface area (Å²) in [5.41, 5.74) is 0. The highest BCUT2D eigenvalue weighted by atomic mass is 32.3. The predicted octanol–water partition coefficient (Wildman–Crippen LogP) is -0.696. The summed E-state index contributed by atoms with van der Waals surface area (Å²) in [5.74, 6) is 0. The second-order valence-corrected chi connectivity index (χ2v) is 1.66. The lowest BCUT2D eigenvalue weighted by Gasteiger charge is -1.68. The summed E-state index contributed by atoms with van der Waals surface area (Å²) in [5, 5.41) is 21.5. The quantitative estimate of drug-likeness (QED) is 0.151. The van der Waals surface area contributed by atoms with Crippen molar-refractivity contribution in [1.82, 2.24) is 6.15 Å². The third kappa shape index (κ3) is 301. The Balaban J connectivity index is -0.0000000465. The number of hydrogen-bond acceptors (Lipinski definition) is 7. The van der Waals surface area contributed by atoms with Crippen molar-refractivity contribution < 1.29 is 33.0 Å². The Kier molecular flexibility index (Phi) is 22.6. The van der Waals surface area contributed by atoms with Crippen LogP contribution in [0.2, 0.25) is 0 Å². The van der Waals surface area contributed by atoms with Crippen LogP contribution in [0.15, 0.2) is 5.34 Å². The maximum absolute atomic E-state index is 8.74. The van der Waals surface area contributed by atoms with E-state index >= 15 is 0 Å². The molecule has 13 heavy (non-hydrogen) atoms. The Morgan fingerprint density at radius 3 is 1.31 bits per heavy atom. The summed E-state index contributed by atoms with van der Waals surface area (Å²) < 4.78 is 31.6.